The summed E-state index contributed by atoms with van der Waals surface area (Å²) in [6.45, 7) is 0. The number of alkyl halides is 1. The van der Waals surface area contributed by atoms with Gasteiger partial charge in [0.2, 0.25) is 5.91 Å². The van der Waals surface area contributed by atoms with Crippen LogP contribution in [0.3, 0.4) is 0 Å². The van der Waals surface area contributed by atoms with Crippen LogP contribution in [0.5, 0.6) is 0 Å². The number of carbonyl (C=O) groups excluding carboxylic acids is 1. The Morgan fingerprint density at radius 3 is 2.75 bits per heavy atom. The third-order valence-corrected chi connectivity index (χ3v) is 5.13. The minimum atomic E-state index is 0.00380. The molecule has 1 heterocycles. The van der Waals surface area contributed by atoms with Gasteiger partial charge in [-0.3, -0.25) is 4.79 Å². The van der Waals surface area contributed by atoms with Crippen molar-refractivity contribution in [3.05, 3.63) is 62.6 Å². The fourth-order valence-corrected chi connectivity index (χ4v) is 3.89. The molecule has 1 amide bonds. The Bertz CT molecular complexity index is 702. The van der Waals surface area contributed by atoms with E-state index < -0.39 is 0 Å². The zero-order valence-electron chi connectivity index (χ0n) is 10.3. The molecule has 20 heavy (non-hydrogen) atoms. The van der Waals surface area contributed by atoms with Crippen molar-refractivity contribution in [2.75, 3.05) is 5.32 Å². The van der Waals surface area contributed by atoms with Crippen LogP contribution in [0.25, 0.3) is 0 Å². The van der Waals surface area contributed by atoms with Crippen molar-refractivity contribution in [2.24, 2.45) is 0 Å². The first kappa shape index (κ1) is 14.1. The smallest absolute Gasteiger partial charge is 0.228 e. The lowest BCUT2D eigenvalue weighted by atomic mass is 10.0. The van der Waals surface area contributed by atoms with Crippen LogP contribution in [0.15, 0.2) is 40.9 Å². The summed E-state index contributed by atoms with van der Waals surface area (Å²) >= 11 is 13.4. The molecule has 0 fully saturated rings. The van der Waals surface area contributed by atoms with Gasteiger partial charge < -0.3 is 5.32 Å². The van der Waals surface area contributed by atoms with Gasteiger partial charge in [0.05, 0.1) is 11.2 Å². The predicted molar refractivity (Wildman–Crippen MR) is 88.7 cm³/mol. The van der Waals surface area contributed by atoms with E-state index in [1.165, 1.54) is 0 Å². The van der Waals surface area contributed by atoms with Crippen LogP contribution >= 0.6 is 43.5 Å². The van der Waals surface area contributed by atoms with Gasteiger partial charge in [0.1, 0.15) is 0 Å². The van der Waals surface area contributed by atoms with Crippen molar-refractivity contribution >= 4 is 55.1 Å². The van der Waals surface area contributed by atoms with Gasteiger partial charge in [-0.1, -0.05) is 61.7 Å². The number of hydrogen-bond acceptors (Lipinski definition) is 1. The number of halogens is 3. The highest BCUT2D eigenvalue weighted by molar-refractivity contribution is 9.10. The molecule has 2 nitrogen and oxygen atoms in total. The van der Waals surface area contributed by atoms with Crippen molar-refractivity contribution in [2.45, 2.75) is 11.2 Å². The van der Waals surface area contributed by atoms with Crippen molar-refractivity contribution in [3.63, 3.8) is 0 Å². The topological polar surface area (TPSA) is 29.1 Å². The first-order chi connectivity index (χ1) is 9.54. The number of carbonyl (C=O) groups is 1. The lowest BCUT2D eigenvalue weighted by Crippen LogP contribution is -2.03. The number of benzene rings is 2. The molecule has 3 rings (SSSR count). The molecule has 0 saturated carbocycles. The summed E-state index contributed by atoms with van der Waals surface area (Å²) in [6, 6.07) is 11.8. The van der Waals surface area contributed by atoms with E-state index in [0.29, 0.717) is 11.4 Å². The standard InChI is InChI=1S/C15H10Br2ClNO/c16-10-2-3-11(12(18)7-10)15(17)8-1-4-13-9(5-8)6-14(20)19-13/h1-5,7,15H,6H2,(H,19,20). The second kappa shape index (κ2) is 5.51. The van der Waals surface area contributed by atoms with Crippen LogP contribution in [-0.2, 0) is 11.2 Å². The summed E-state index contributed by atoms with van der Waals surface area (Å²) in [4.78, 5) is 11.4. The molecule has 2 aromatic carbocycles. The molecular formula is C15H10Br2ClNO. The minimum Gasteiger partial charge on any atom is -0.326 e. The highest BCUT2D eigenvalue weighted by Crippen LogP contribution is 2.38. The molecule has 1 N–H and O–H groups in total. The summed E-state index contributed by atoms with van der Waals surface area (Å²) in [5.74, 6) is 0.0462. The van der Waals surface area contributed by atoms with E-state index >= 15 is 0 Å². The molecule has 0 aliphatic carbocycles. The third-order valence-electron chi connectivity index (χ3n) is 3.28. The Morgan fingerprint density at radius 1 is 1.20 bits per heavy atom. The maximum atomic E-state index is 11.4. The molecule has 1 aliphatic heterocycles. The summed E-state index contributed by atoms with van der Waals surface area (Å²) in [5, 5.41) is 3.54. The molecule has 0 radical (unpaired) electrons. The highest BCUT2D eigenvalue weighted by atomic mass is 79.9. The summed E-state index contributed by atoms with van der Waals surface area (Å²) < 4.78 is 0.953. The van der Waals surface area contributed by atoms with Crippen LogP contribution in [0.4, 0.5) is 5.69 Å². The summed E-state index contributed by atoms with van der Waals surface area (Å²) in [5.41, 5.74) is 4.03. The minimum absolute atomic E-state index is 0.00380. The van der Waals surface area contributed by atoms with Gasteiger partial charge in [0, 0.05) is 15.2 Å². The number of hydrogen-bond donors (Lipinski definition) is 1. The number of fused-ring (bicyclic) bond motifs is 1. The van der Waals surface area contributed by atoms with Gasteiger partial charge >= 0.3 is 0 Å². The van der Waals surface area contributed by atoms with E-state index in [2.05, 4.69) is 37.2 Å². The van der Waals surface area contributed by atoms with Gasteiger partial charge in [0.25, 0.3) is 0 Å². The van der Waals surface area contributed by atoms with Gasteiger partial charge in [-0.05, 0) is 34.9 Å². The van der Waals surface area contributed by atoms with Crippen LogP contribution < -0.4 is 5.32 Å². The maximum absolute atomic E-state index is 11.4. The Kier molecular flexibility index (Phi) is 3.89. The van der Waals surface area contributed by atoms with Crippen molar-refractivity contribution in [1.29, 1.82) is 0 Å². The van der Waals surface area contributed by atoms with E-state index in [-0.39, 0.29) is 10.7 Å². The summed E-state index contributed by atoms with van der Waals surface area (Å²) in [7, 11) is 0. The average molecular weight is 416 g/mol. The Hall–Kier alpha value is -0.840. The Labute approximate surface area is 138 Å². The molecular weight excluding hydrogens is 405 g/mol. The first-order valence-corrected chi connectivity index (χ1v) is 8.15. The molecule has 0 bridgehead atoms. The quantitative estimate of drug-likeness (QED) is 0.681. The molecule has 5 heteroatoms. The van der Waals surface area contributed by atoms with Crippen LogP contribution in [0, 0.1) is 0 Å². The lowest BCUT2D eigenvalue weighted by molar-refractivity contribution is -0.115. The van der Waals surface area contributed by atoms with Crippen molar-refractivity contribution in [3.8, 4) is 0 Å². The number of anilines is 1. The molecule has 1 atom stereocenters. The Morgan fingerprint density at radius 2 is 2.00 bits per heavy atom. The average Bonchev–Trinajstić information content (AvgIpc) is 2.77. The second-order valence-corrected chi connectivity index (χ2v) is 6.91. The number of rotatable bonds is 2. The van der Waals surface area contributed by atoms with Crippen molar-refractivity contribution in [1.82, 2.24) is 0 Å². The molecule has 0 saturated heterocycles. The highest BCUT2D eigenvalue weighted by Gasteiger charge is 2.20. The monoisotopic (exact) mass is 413 g/mol. The van der Waals surface area contributed by atoms with Gasteiger partial charge in [-0.2, -0.15) is 0 Å². The molecule has 1 aliphatic rings. The number of nitrogens with one attached hydrogen (secondary N) is 1. The van der Waals surface area contributed by atoms with E-state index in [4.69, 9.17) is 11.6 Å². The van der Waals surface area contributed by atoms with Crippen molar-refractivity contribution < 1.29 is 4.79 Å². The van der Waals surface area contributed by atoms with Crippen LogP contribution in [0.1, 0.15) is 21.5 Å². The lowest BCUT2D eigenvalue weighted by Gasteiger charge is -2.14. The fourth-order valence-electron chi connectivity index (χ4n) is 2.29. The zero-order chi connectivity index (χ0) is 14.3. The second-order valence-electron chi connectivity index (χ2n) is 4.67. The number of amides is 1. The molecule has 0 aromatic heterocycles. The molecule has 102 valence electrons. The van der Waals surface area contributed by atoms with Crippen LogP contribution in [0.2, 0.25) is 5.02 Å². The predicted octanol–water partition coefficient (Wildman–Crippen LogP) is 5.08. The fraction of sp³-hybridized carbons (Fsp3) is 0.133. The van der Waals surface area contributed by atoms with E-state index in [9.17, 15) is 4.79 Å². The van der Waals surface area contributed by atoms with E-state index in [1.807, 2.05) is 36.4 Å². The summed E-state index contributed by atoms with van der Waals surface area (Å²) in [6.07, 6.45) is 0.441. The molecule has 0 spiro atoms. The molecule has 2 aromatic rings. The normalized spacial score (nSPS) is 14.8. The van der Waals surface area contributed by atoms with Gasteiger partial charge in [-0.15, -0.1) is 0 Å². The third kappa shape index (κ3) is 2.65. The SMILES string of the molecule is O=C1Cc2cc(C(Br)c3ccc(Br)cc3Cl)ccc2N1. The van der Waals surface area contributed by atoms with E-state index in [0.717, 1.165) is 26.9 Å². The Balaban J connectivity index is 1.97. The van der Waals surface area contributed by atoms with Gasteiger partial charge in [0.15, 0.2) is 0 Å². The largest absolute Gasteiger partial charge is 0.326 e. The van der Waals surface area contributed by atoms with E-state index in [1.54, 1.807) is 0 Å². The first-order valence-electron chi connectivity index (χ1n) is 6.06. The van der Waals surface area contributed by atoms with Gasteiger partial charge in [-0.25, -0.2) is 0 Å². The molecule has 1 unspecified atom stereocenters. The zero-order valence-corrected chi connectivity index (χ0v) is 14.2. The maximum Gasteiger partial charge on any atom is 0.228 e. The van der Waals surface area contributed by atoms with Crippen LogP contribution in [-0.4, -0.2) is 5.91 Å².